The third kappa shape index (κ3) is 59.2. The minimum Gasteiger partial charge on any atom is -0.462 e. The van der Waals surface area contributed by atoms with Crippen molar-refractivity contribution in [2.75, 3.05) is 13.2 Å². The molecule has 0 heterocycles. The lowest BCUT2D eigenvalue weighted by molar-refractivity contribution is -0.167. The minimum absolute atomic E-state index is 0.0796. The van der Waals surface area contributed by atoms with E-state index in [-0.39, 0.29) is 31.1 Å². The van der Waals surface area contributed by atoms with Crippen LogP contribution < -0.4 is 0 Å². The van der Waals surface area contributed by atoms with E-state index in [1.165, 1.54) is 135 Å². The lowest BCUT2D eigenvalue weighted by Gasteiger charge is -2.18. The number of esters is 3. The van der Waals surface area contributed by atoms with E-state index < -0.39 is 6.10 Å². The second-order valence-corrected chi connectivity index (χ2v) is 20.6. The molecule has 0 aromatic carbocycles. The van der Waals surface area contributed by atoms with E-state index in [0.29, 0.717) is 19.3 Å². The van der Waals surface area contributed by atoms with Crippen LogP contribution in [0.5, 0.6) is 0 Å². The molecular weight excluding hydrogens is 913 g/mol. The quantitative estimate of drug-likeness (QED) is 0.0261. The molecule has 0 bridgehead atoms. The van der Waals surface area contributed by atoms with E-state index in [0.717, 1.165) is 122 Å². The highest BCUT2D eigenvalue weighted by molar-refractivity contribution is 5.71. The smallest absolute Gasteiger partial charge is 0.306 e. The van der Waals surface area contributed by atoms with Crippen molar-refractivity contribution in [1.82, 2.24) is 0 Å². The van der Waals surface area contributed by atoms with Crippen molar-refractivity contribution >= 4 is 17.9 Å². The number of rotatable bonds is 56. The third-order valence-corrected chi connectivity index (χ3v) is 13.3. The monoisotopic (exact) mass is 1030 g/mol. The van der Waals surface area contributed by atoms with Crippen molar-refractivity contribution in [3.63, 3.8) is 0 Å². The minimum atomic E-state index is -0.779. The van der Waals surface area contributed by atoms with Crippen LogP contribution in [0.1, 0.15) is 297 Å². The van der Waals surface area contributed by atoms with E-state index in [1.807, 2.05) is 0 Å². The molecule has 0 aromatic heterocycles. The molecule has 0 saturated heterocycles. The van der Waals surface area contributed by atoms with Gasteiger partial charge in [0.1, 0.15) is 13.2 Å². The molecule has 0 amide bonds. The molecule has 1 unspecified atom stereocenters. The summed E-state index contributed by atoms with van der Waals surface area (Å²) in [6.07, 6.45) is 83.1. The molecule has 0 N–H and O–H groups in total. The first-order chi connectivity index (χ1) is 36.5. The highest BCUT2D eigenvalue weighted by Gasteiger charge is 2.19. The van der Waals surface area contributed by atoms with E-state index in [2.05, 4.69) is 118 Å². The highest BCUT2D eigenvalue weighted by atomic mass is 16.6. The Morgan fingerprint density at radius 2 is 0.541 bits per heavy atom. The van der Waals surface area contributed by atoms with Gasteiger partial charge >= 0.3 is 17.9 Å². The van der Waals surface area contributed by atoms with Crippen molar-refractivity contribution in [3.8, 4) is 0 Å². The molecule has 0 aromatic rings. The molecule has 0 radical (unpaired) electrons. The number of hydrogen-bond donors (Lipinski definition) is 0. The largest absolute Gasteiger partial charge is 0.462 e. The van der Waals surface area contributed by atoms with Crippen LogP contribution in [0.3, 0.4) is 0 Å². The average molecular weight is 1030 g/mol. The van der Waals surface area contributed by atoms with E-state index in [4.69, 9.17) is 14.2 Å². The number of carbonyl (C=O) groups excluding carboxylic acids is 3. The van der Waals surface area contributed by atoms with Crippen LogP contribution in [0.15, 0.2) is 97.2 Å². The highest BCUT2D eigenvalue weighted by Crippen LogP contribution is 2.16. The van der Waals surface area contributed by atoms with Gasteiger partial charge in [-0.25, -0.2) is 0 Å². The van der Waals surface area contributed by atoms with E-state index in [1.54, 1.807) is 0 Å². The van der Waals surface area contributed by atoms with Crippen molar-refractivity contribution in [3.05, 3.63) is 97.2 Å². The molecule has 0 spiro atoms. The van der Waals surface area contributed by atoms with Crippen LogP contribution in [0.25, 0.3) is 0 Å². The predicted octanol–water partition coefficient (Wildman–Crippen LogP) is 21.3. The van der Waals surface area contributed by atoms with Gasteiger partial charge in [0.15, 0.2) is 6.10 Å². The maximum atomic E-state index is 12.8. The predicted molar refractivity (Wildman–Crippen MR) is 320 cm³/mol. The average Bonchev–Trinajstić information content (AvgIpc) is 3.40. The number of carbonyl (C=O) groups is 3. The summed E-state index contributed by atoms with van der Waals surface area (Å²) in [5.74, 6) is -0.894. The van der Waals surface area contributed by atoms with Crippen molar-refractivity contribution in [2.45, 2.75) is 303 Å². The third-order valence-electron chi connectivity index (χ3n) is 13.3. The first-order valence-electron chi connectivity index (χ1n) is 31.2. The number of allylic oxidation sites excluding steroid dienone is 16. The van der Waals surface area contributed by atoms with Crippen molar-refractivity contribution < 1.29 is 28.6 Å². The lowest BCUT2D eigenvalue weighted by Crippen LogP contribution is -2.30. The van der Waals surface area contributed by atoms with Gasteiger partial charge in [0.05, 0.1) is 0 Å². The lowest BCUT2D eigenvalue weighted by atomic mass is 10.0. The zero-order valence-corrected chi connectivity index (χ0v) is 48.6. The Morgan fingerprint density at radius 1 is 0.284 bits per heavy atom. The topological polar surface area (TPSA) is 78.9 Å². The van der Waals surface area contributed by atoms with Gasteiger partial charge in [-0.05, 0) is 96.3 Å². The summed E-state index contributed by atoms with van der Waals surface area (Å²) in [5, 5.41) is 0. The van der Waals surface area contributed by atoms with Gasteiger partial charge in [0.2, 0.25) is 0 Å². The fourth-order valence-electron chi connectivity index (χ4n) is 8.64. The molecule has 0 fully saturated rings. The van der Waals surface area contributed by atoms with Gasteiger partial charge in [-0.2, -0.15) is 0 Å². The second kappa shape index (κ2) is 61.9. The standard InChI is InChI=1S/C68H116O6/c1-4-7-10-13-16-18-20-22-24-25-26-27-28-29-30-31-32-33-34-35-36-37-38-39-40-41-42-43-44-46-47-49-52-55-58-61-67(70)73-64-65(63-72-66(69)60-57-54-51-15-12-9-6-3)74-68(71)62-59-56-53-50-48-45-23-21-19-17-14-11-8-5-2/h7,10,14,16-18,21-24,26-27,29-30,32-33,65H,4-6,8-9,11-13,15,19-20,25,28,31,34-64H2,1-3H3/b10-7-,17-14-,18-16-,23-21-,24-22-,27-26-,30-29-,33-32-. The molecule has 424 valence electrons. The summed E-state index contributed by atoms with van der Waals surface area (Å²) in [6.45, 7) is 6.44. The Labute approximate surface area is 457 Å². The summed E-state index contributed by atoms with van der Waals surface area (Å²) in [6, 6.07) is 0. The summed E-state index contributed by atoms with van der Waals surface area (Å²) < 4.78 is 16.8. The van der Waals surface area contributed by atoms with Crippen LogP contribution >= 0.6 is 0 Å². The summed E-state index contributed by atoms with van der Waals surface area (Å²) in [4.78, 5) is 37.9. The Bertz CT molecular complexity index is 1460. The van der Waals surface area contributed by atoms with E-state index in [9.17, 15) is 14.4 Å². The maximum Gasteiger partial charge on any atom is 0.306 e. The van der Waals surface area contributed by atoms with Crippen LogP contribution in [-0.2, 0) is 28.6 Å². The first kappa shape index (κ1) is 70.3. The van der Waals surface area contributed by atoms with Crippen LogP contribution in [0.4, 0.5) is 0 Å². The van der Waals surface area contributed by atoms with Crippen LogP contribution in [0.2, 0.25) is 0 Å². The fraction of sp³-hybridized carbons (Fsp3) is 0.721. The summed E-state index contributed by atoms with van der Waals surface area (Å²) >= 11 is 0. The van der Waals surface area contributed by atoms with Gasteiger partial charge in [0.25, 0.3) is 0 Å². The molecule has 0 saturated carbocycles. The number of hydrogen-bond acceptors (Lipinski definition) is 6. The molecular formula is C68H116O6. The molecule has 74 heavy (non-hydrogen) atoms. The summed E-state index contributed by atoms with van der Waals surface area (Å²) in [5.41, 5.74) is 0. The Kier molecular flexibility index (Phi) is 58.8. The molecule has 1 atom stereocenters. The molecule has 0 rings (SSSR count). The molecule has 0 aliphatic rings. The molecule has 6 heteroatoms. The number of ether oxygens (including phenoxy) is 3. The van der Waals surface area contributed by atoms with Gasteiger partial charge < -0.3 is 14.2 Å². The zero-order chi connectivity index (χ0) is 53.6. The first-order valence-corrected chi connectivity index (χ1v) is 31.2. The zero-order valence-electron chi connectivity index (χ0n) is 48.6. The van der Waals surface area contributed by atoms with Crippen molar-refractivity contribution in [2.24, 2.45) is 0 Å². The second-order valence-electron chi connectivity index (χ2n) is 20.6. The van der Waals surface area contributed by atoms with Gasteiger partial charge in [-0.15, -0.1) is 0 Å². The van der Waals surface area contributed by atoms with E-state index >= 15 is 0 Å². The molecule has 6 nitrogen and oxygen atoms in total. The summed E-state index contributed by atoms with van der Waals surface area (Å²) in [7, 11) is 0. The van der Waals surface area contributed by atoms with Gasteiger partial charge in [-0.1, -0.05) is 279 Å². The van der Waals surface area contributed by atoms with Crippen LogP contribution in [-0.4, -0.2) is 37.2 Å². The Balaban J connectivity index is 4.00. The Morgan fingerprint density at radius 3 is 0.865 bits per heavy atom. The molecule has 0 aliphatic heterocycles. The normalized spacial score (nSPS) is 12.7. The fourth-order valence-corrected chi connectivity index (χ4v) is 8.64. The Hall–Kier alpha value is -3.67. The molecule has 0 aliphatic carbocycles. The van der Waals surface area contributed by atoms with Crippen LogP contribution in [0, 0.1) is 0 Å². The van der Waals surface area contributed by atoms with Gasteiger partial charge in [0, 0.05) is 19.3 Å². The van der Waals surface area contributed by atoms with Gasteiger partial charge in [-0.3, -0.25) is 14.4 Å². The van der Waals surface area contributed by atoms with Crippen molar-refractivity contribution in [1.29, 1.82) is 0 Å². The SMILES string of the molecule is CC/C=C\C/C=C\C/C=C\C/C=C\C/C=C\C/C=C\CCCCCCCCCCCCCCCCCCC(=O)OCC(COC(=O)CCCCCCCCC)OC(=O)CCCCCCC/C=C\C/C=C\CCCC. The number of unbranched alkanes of at least 4 members (excludes halogenated alkanes) is 29. The maximum absolute atomic E-state index is 12.8.